The molecule has 0 aromatic heterocycles. The lowest BCUT2D eigenvalue weighted by Crippen LogP contribution is -2.51. The molecule has 4 nitrogen and oxygen atoms in total. The van der Waals surface area contributed by atoms with Crippen LogP contribution in [-0.2, 0) is 29.0 Å². The van der Waals surface area contributed by atoms with Crippen molar-refractivity contribution in [3.05, 3.63) is 105 Å². The fraction of sp³-hybridized carbons (Fsp3) is 0.259. The summed E-state index contributed by atoms with van der Waals surface area (Å²) < 4.78 is 14.6. The van der Waals surface area contributed by atoms with Crippen molar-refractivity contribution in [3.8, 4) is 0 Å². The summed E-state index contributed by atoms with van der Waals surface area (Å²) in [5, 5.41) is 3.73. The second-order valence-electron chi connectivity index (χ2n) is 8.02. The fourth-order valence-electron chi connectivity index (χ4n) is 3.66. The zero-order chi connectivity index (χ0) is 24.5. The van der Waals surface area contributed by atoms with E-state index in [0.29, 0.717) is 34.1 Å². The van der Waals surface area contributed by atoms with Gasteiger partial charge in [-0.05, 0) is 35.7 Å². The fourth-order valence-corrected chi connectivity index (χ4v) is 4.13. The molecule has 3 aromatic rings. The lowest BCUT2D eigenvalue weighted by atomic mass is 10.0. The van der Waals surface area contributed by atoms with Gasteiger partial charge in [-0.2, -0.15) is 0 Å². The van der Waals surface area contributed by atoms with E-state index in [-0.39, 0.29) is 24.8 Å². The van der Waals surface area contributed by atoms with Crippen molar-refractivity contribution in [1.29, 1.82) is 0 Å². The van der Waals surface area contributed by atoms with Gasteiger partial charge >= 0.3 is 0 Å². The van der Waals surface area contributed by atoms with Gasteiger partial charge in [-0.3, -0.25) is 9.59 Å². The molecular weight excluding hydrogens is 474 g/mol. The number of rotatable bonds is 10. The average Bonchev–Trinajstić information content (AvgIpc) is 2.83. The summed E-state index contributed by atoms with van der Waals surface area (Å²) in [6, 6.07) is 19.8. The number of halogens is 3. The van der Waals surface area contributed by atoms with Crippen LogP contribution in [0.15, 0.2) is 72.8 Å². The number of hydrogen-bond acceptors (Lipinski definition) is 2. The van der Waals surface area contributed by atoms with Crippen LogP contribution in [0.4, 0.5) is 4.39 Å². The maximum absolute atomic E-state index is 14.6. The molecular formula is C27H27Cl2FN2O2. The Kier molecular flexibility index (Phi) is 9.49. The largest absolute Gasteiger partial charge is 0.354 e. The summed E-state index contributed by atoms with van der Waals surface area (Å²) in [5.74, 6) is -1.05. The number of nitrogens with zero attached hydrogens (tertiary/aromatic N) is 1. The molecule has 0 heterocycles. The summed E-state index contributed by atoms with van der Waals surface area (Å²) in [7, 11) is 0. The van der Waals surface area contributed by atoms with Crippen LogP contribution in [0.5, 0.6) is 0 Å². The molecule has 1 atom stereocenters. The van der Waals surface area contributed by atoms with Crippen LogP contribution in [0.1, 0.15) is 30.0 Å². The molecule has 0 saturated carbocycles. The Bertz CT molecular complexity index is 1120. The minimum absolute atomic E-state index is 0.0448. The van der Waals surface area contributed by atoms with Gasteiger partial charge in [-0.1, -0.05) is 84.7 Å². The van der Waals surface area contributed by atoms with Gasteiger partial charge in [-0.25, -0.2) is 4.39 Å². The topological polar surface area (TPSA) is 49.4 Å². The first kappa shape index (κ1) is 25.7. The summed E-state index contributed by atoms with van der Waals surface area (Å²) in [5.41, 5.74) is 1.82. The Morgan fingerprint density at radius 1 is 0.971 bits per heavy atom. The summed E-state index contributed by atoms with van der Waals surface area (Å²) in [4.78, 5) is 28.3. The number of nitrogens with one attached hydrogen (secondary N) is 1. The highest BCUT2D eigenvalue weighted by atomic mass is 35.5. The van der Waals surface area contributed by atoms with Crippen LogP contribution in [0, 0.1) is 5.82 Å². The standard InChI is InChI=1S/C27H27Cl2FN2O2/c1-2-14-31-27(34)25(15-19-8-4-3-5-9-19)32(18-21-10-6-7-11-24(21)30)26(33)16-20-12-13-22(28)17-23(20)29/h3-13,17,25H,2,14-16,18H2,1H3,(H,31,34)/t25-/m1/s1. The maximum atomic E-state index is 14.6. The van der Waals surface area contributed by atoms with Crippen molar-refractivity contribution < 1.29 is 14.0 Å². The molecule has 34 heavy (non-hydrogen) atoms. The number of carbonyl (C=O) groups is 2. The predicted octanol–water partition coefficient (Wildman–Crippen LogP) is 5.84. The lowest BCUT2D eigenvalue weighted by molar-refractivity contribution is -0.140. The number of amides is 2. The molecule has 0 fully saturated rings. The predicted molar refractivity (Wildman–Crippen MR) is 134 cm³/mol. The normalized spacial score (nSPS) is 11.6. The Morgan fingerprint density at radius 2 is 1.68 bits per heavy atom. The van der Waals surface area contributed by atoms with E-state index in [9.17, 15) is 14.0 Å². The molecule has 0 aliphatic heterocycles. The molecule has 7 heteroatoms. The van der Waals surface area contributed by atoms with Crippen LogP contribution in [0.3, 0.4) is 0 Å². The van der Waals surface area contributed by atoms with Gasteiger partial charge in [-0.15, -0.1) is 0 Å². The highest BCUT2D eigenvalue weighted by molar-refractivity contribution is 6.35. The Balaban J connectivity index is 1.98. The van der Waals surface area contributed by atoms with Crippen LogP contribution >= 0.6 is 23.2 Å². The first-order chi connectivity index (χ1) is 16.4. The SMILES string of the molecule is CCCNC(=O)[C@@H](Cc1ccccc1)N(Cc1ccccc1F)C(=O)Cc1ccc(Cl)cc1Cl. The molecule has 0 bridgehead atoms. The lowest BCUT2D eigenvalue weighted by Gasteiger charge is -2.32. The first-order valence-corrected chi connectivity index (χ1v) is 11.9. The molecule has 3 aromatic carbocycles. The van der Waals surface area contributed by atoms with Gasteiger partial charge in [0.2, 0.25) is 11.8 Å². The summed E-state index contributed by atoms with van der Waals surface area (Å²) in [6.45, 7) is 2.39. The molecule has 0 radical (unpaired) electrons. The first-order valence-electron chi connectivity index (χ1n) is 11.2. The maximum Gasteiger partial charge on any atom is 0.243 e. The zero-order valence-electron chi connectivity index (χ0n) is 18.9. The molecule has 1 N–H and O–H groups in total. The molecule has 3 rings (SSSR count). The highest BCUT2D eigenvalue weighted by Gasteiger charge is 2.31. The summed E-state index contributed by atoms with van der Waals surface area (Å²) >= 11 is 12.3. The molecule has 2 amide bonds. The van der Waals surface area contributed by atoms with Crippen molar-refractivity contribution in [3.63, 3.8) is 0 Å². The smallest absolute Gasteiger partial charge is 0.243 e. The quantitative estimate of drug-likeness (QED) is 0.380. The van der Waals surface area contributed by atoms with Gasteiger partial charge in [0.15, 0.2) is 0 Å². The van der Waals surface area contributed by atoms with Crippen molar-refractivity contribution >= 4 is 35.0 Å². The Morgan fingerprint density at radius 3 is 2.35 bits per heavy atom. The second kappa shape index (κ2) is 12.5. The Labute approximate surface area is 209 Å². The van der Waals surface area contributed by atoms with Gasteiger partial charge in [0, 0.05) is 35.1 Å². The van der Waals surface area contributed by atoms with Crippen molar-refractivity contribution in [2.45, 2.75) is 38.8 Å². The van der Waals surface area contributed by atoms with Crippen LogP contribution in [-0.4, -0.2) is 29.3 Å². The molecule has 0 unspecified atom stereocenters. The summed E-state index contributed by atoms with van der Waals surface area (Å²) in [6.07, 6.45) is 1.01. The number of benzene rings is 3. The van der Waals surface area contributed by atoms with E-state index in [4.69, 9.17) is 23.2 Å². The van der Waals surface area contributed by atoms with E-state index in [1.807, 2.05) is 37.3 Å². The Hall–Kier alpha value is -2.89. The van der Waals surface area contributed by atoms with Crippen molar-refractivity contribution in [1.82, 2.24) is 10.2 Å². The van der Waals surface area contributed by atoms with Crippen molar-refractivity contribution in [2.24, 2.45) is 0 Å². The van der Waals surface area contributed by atoms with E-state index in [0.717, 1.165) is 12.0 Å². The molecule has 0 saturated heterocycles. The van der Waals surface area contributed by atoms with Gasteiger partial charge in [0.1, 0.15) is 11.9 Å². The van der Waals surface area contributed by atoms with Gasteiger partial charge in [0.05, 0.1) is 6.42 Å². The second-order valence-corrected chi connectivity index (χ2v) is 8.87. The average molecular weight is 501 g/mol. The number of carbonyl (C=O) groups excluding carboxylic acids is 2. The van der Waals surface area contributed by atoms with E-state index in [2.05, 4.69) is 5.32 Å². The van der Waals surface area contributed by atoms with E-state index < -0.39 is 11.9 Å². The minimum atomic E-state index is -0.827. The van der Waals surface area contributed by atoms with E-state index >= 15 is 0 Å². The third-order valence-electron chi connectivity index (χ3n) is 5.48. The molecule has 0 spiro atoms. The molecule has 0 aliphatic rings. The zero-order valence-corrected chi connectivity index (χ0v) is 20.5. The third-order valence-corrected chi connectivity index (χ3v) is 6.06. The number of hydrogen-bond donors (Lipinski definition) is 1. The minimum Gasteiger partial charge on any atom is -0.354 e. The molecule has 178 valence electrons. The van der Waals surface area contributed by atoms with E-state index in [1.165, 1.54) is 11.0 Å². The monoisotopic (exact) mass is 500 g/mol. The van der Waals surface area contributed by atoms with Crippen LogP contribution in [0.25, 0.3) is 0 Å². The van der Waals surface area contributed by atoms with Gasteiger partial charge in [0.25, 0.3) is 0 Å². The third kappa shape index (κ3) is 7.05. The van der Waals surface area contributed by atoms with Crippen LogP contribution < -0.4 is 5.32 Å². The molecule has 0 aliphatic carbocycles. The van der Waals surface area contributed by atoms with Crippen LogP contribution in [0.2, 0.25) is 10.0 Å². The van der Waals surface area contributed by atoms with Crippen molar-refractivity contribution in [2.75, 3.05) is 6.54 Å². The van der Waals surface area contributed by atoms with Gasteiger partial charge < -0.3 is 10.2 Å². The van der Waals surface area contributed by atoms with E-state index in [1.54, 1.807) is 36.4 Å². The highest BCUT2D eigenvalue weighted by Crippen LogP contribution is 2.24.